The molecule has 0 unspecified atom stereocenters. The highest BCUT2D eigenvalue weighted by atomic mass is 15.1. The average Bonchev–Trinajstić information content (AvgIpc) is 3.17. The normalized spacial score (nSPS) is 14.2. The minimum atomic E-state index is -0.0855. The molecule has 0 aliphatic heterocycles. The second-order valence-electron chi connectivity index (χ2n) is 9.10. The van der Waals surface area contributed by atoms with Crippen LogP contribution in [0.15, 0.2) is 91.1 Å². The molecule has 0 spiro atoms. The molecule has 7 rings (SSSR count). The van der Waals surface area contributed by atoms with Gasteiger partial charge in [0.2, 0.25) is 0 Å². The molecule has 3 aromatic carbocycles. The zero-order chi connectivity index (χ0) is 21.4. The van der Waals surface area contributed by atoms with Gasteiger partial charge in [-0.25, -0.2) is 9.97 Å². The van der Waals surface area contributed by atoms with E-state index in [0.29, 0.717) is 0 Å². The molecule has 3 aromatic heterocycles. The summed E-state index contributed by atoms with van der Waals surface area (Å²) in [6, 6.07) is 30.0. The van der Waals surface area contributed by atoms with Crippen molar-refractivity contribution in [3.05, 3.63) is 102 Å². The molecule has 0 fully saturated rings. The maximum Gasteiger partial charge on any atom is 0.148 e. The summed E-state index contributed by atoms with van der Waals surface area (Å²) in [5, 5.41) is 4.94. The predicted molar refractivity (Wildman–Crippen MR) is 131 cm³/mol. The van der Waals surface area contributed by atoms with Crippen LogP contribution in [-0.2, 0) is 5.41 Å². The third-order valence-electron chi connectivity index (χ3n) is 7.05. The van der Waals surface area contributed by atoms with Gasteiger partial charge < -0.3 is 0 Å². The lowest BCUT2D eigenvalue weighted by molar-refractivity contribution is 0.644. The van der Waals surface area contributed by atoms with Crippen molar-refractivity contribution in [2.75, 3.05) is 0 Å². The maximum atomic E-state index is 5.38. The van der Waals surface area contributed by atoms with E-state index < -0.39 is 0 Å². The van der Waals surface area contributed by atoms with E-state index in [1.165, 1.54) is 38.2 Å². The monoisotopic (exact) mass is 411 g/mol. The third-order valence-corrected chi connectivity index (χ3v) is 7.05. The van der Waals surface area contributed by atoms with Crippen LogP contribution in [0.1, 0.15) is 25.0 Å². The Morgan fingerprint density at radius 1 is 0.688 bits per heavy atom. The van der Waals surface area contributed by atoms with Gasteiger partial charge in [-0.05, 0) is 34.7 Å². The van der Waals surface area contributed by atoms with Crippen LogP contribution in [-0.4, -0.2) is 14.5 Å². The summed E-state index contributed by atoms with van der Waals surface area (Å²) in [6.45, 7) is 4.65. The Hall–Kier alpha value is -3.98. The van der Waals surface area contributed by atoms with E-state index >= 15 is 0 Å². The van der Waals surface area contributed by atoms with Gasteiger partial charge in [-0.3, -0.25) is 4.57 Å². The minimum Gasteiger partial charge on any atom is -0.278 e. The molecule has 0 saturated heterocycles. The molecule has 3 heterocycles. The first-order valence-electron chi connectivity index (χ1n) is 11.0. The Kier molecular flexibility index (Phi) is 3.34. The number of rotatable bonds is 1. The Balaban J connectivity index is 1.78. The minimum absolute atomic E-state index is 0.0855. The quantitative estimate of drug-likeness (QED) is 0.291. The topological polar surface area (TPSA) is 30.7 Å². The lowest BCUT2D eigenvalue weighted by atomic mass is 9.69. The van der Waals surface area contributed by atoms with E-state index in [1.807, 2.05) is 18.3 Å². The number of pyridine rings is 2. The molecule has 3 nitrogen and oxygen atoms in total. The van der Waals surface area contributed by atoms with Gasteiger partial charge in [-0.15, -0.1) is 0 Å². The number of fused-ring (bicyclic) bond motifs is 6. The van der Waals surface area contributed by atoms with Gasteiger partial charge in [0.05, 0.1) is 11.2 Å². The van der Waals surface area contributed by atoms with Gasteiger partial charge in [0, 0.05) is 33.3 Å². The van der Waals surface area contributed by atoms with Crippen LogP contribution in [0.3, 0.4) is 0 Å². The molecule has 0 radical (unpaired) electrons. The molecule has 1 aliphatic carbocycles. The van der Waals surface area contributed by atoms with Crippen LogP contribution in [0.4, 0.5) is 0 Å². The molecule has 0 amide bonds. The lowest BCUT2D eigenvalue weighted by Crippen LogP contribution is -2.24. The number of para-hydroxylation sites is 1. The van der Waals surface area contributed by atoms with Crippen molar-refractivity contribution in [1.82, 2.24) is 14.5 Å². The number of hydrogen-bond donors (Lipinski definition) is 0. The Morgan fingerprint density at radius 2 is 1.44 bits per heavy atom. The SMILES string of the molecule is CC1(C)c2ccccc2-c2nc3c(c4cccc1c24)c1ccccc1n3-c1ccccn1. The molecule has 0 saturated carbocycles. The van der Waals surface area contributed by atoms with Gasteiger partial charge in [0.15, 0.2) is 0 Å². The molecule has 32 heavy (non-hydrogen) atoms. The van der Waals surface area contributed by atoms with Crippen molar-refractivity contribution in [2.45, 2.75) is 19.3 Å². The van der Waals surface area contributed by atoms with E-state index in [2.05, 4.69) is 96.2 Å². The Labute approximate surface area is 186 Å². The number of benzene rings is 3. The molecule has 0 N–H and O–H groups in total. The summed E-state index contributed by atoms with van der Waals surface area (Å²) in [6.07, 6.45) is 1.84. The molecular formula is C29H21N3. The third kappa shape index (κ3) is 2.10. The van der Waals surface area contributed by atoms with Gasteiger partial charge in [-0.1, -0.05) is 80.6 Å². The van der Waals surface area contributed by atoms with E-state index in [-0.39, 0.29) is 5.41 Å². The van der Waals surface area contributed by atoms with Crippen LogP contribution in [0, 0.1) is 0 Å². The van der Waals surface area contributed by atoms with Crippen molar-refractivity contribution >= 4 is 32.7 Å². The smallest absolute Gasteiger partial charge is 0.148 e. The van der Waals surface area contributed by atoms with Gasteiger partial charge in [0.25, 0.3) is 0 Å². The summed E-state index contributed by atoms with van der Waals surface area (Å²) < 4.78 is 2.20. The Morgan fingerprint density at radius 3 is 2.31 bits per heavy atom. The first-order chi connectivity index (χ1) is 15.7. The van der Waals surface area contributed by atoms with Crippen LogP contribution in [0.5, 0.6) is 0 Å². The number of hydrogen-bond acceptors (Lipinski definition) is 2. The standard InChI is InChI=1S/C29H21N3/c1-29(2)21-13-5-3-10-18(21)27-26-20(12-9-14-22(26)29)25-19-11-4-6-15-23(19)32(28(25)31-27)24-16-7-8-17-30-24/h3-17H,1-2H3. The van der Waals surface area contributed by atoms with Crippen LogP contribution >= 0.6 is 0 Å². The fourth-order valence-corrected chi connectivity index (χ4v) is 5.59. The second-order valence-corrected chi connectivity index (χ2v) is 9.10. The van der Waals surface area contributed by atoms with Crippen LogP contribution in [0.25, 0.3) is 49.8 Å². The van der Waals surface area contributed by atoms with Crippen molar-refractivity contribution < 1.29 is 0 Å². The van der Waals surface area contributed by atoms with Crippen molar-refractivity contribution in [1.29, 1.82) is 0 Å². The second kappa shape index (κ2) is 6.04. The summed E-state index contributed by atoms with van der Waals surface area (Å²) >= 11 is 0. The number of aromatic nitrogens is 3. The van der Waals surface area contributed by atoms with Gasteiger partial charge >= 0.3 is 0 Å². The summed E-state index contributed by atoms with van der Waals surface area (Å²) in [5.41, 5.74) is 6.96. The average molecular weight is 412 g/mol. The Bertz CT molecular complexity index is 1690. The maximum absolute atomic E-state index is 5.38. The van der Waals surface area contributed by atoms with Crippen LogP contribution in [0.2, 0.25) is 0 Å². The van der Waals surface area contributed by atoms with E-state index in [0.717, 1.165) is 22.7 Å². The first kappa shape index (κ1) is 17.7. The molecule has 0 atom stereocenters. The molecular weight excluding hydrogens is 390 g/mol. The first-order valence-corrected chi connectivity index (χ1v) is 11.0. The summed E-state index contributed by atoms with van der Waals surface area (Å²) in [4.78, 5) is 10.1. The fraction of sp³-hybridized carbons (Fsp3) is 0.103. The number of nitrogens with zero attached hydrogens (tertiary/aromatic N) is 3. The zero-order valence-electron chi connectivity index (χ0n) is 18.0. The summed E-state index contributed by atoms with van der Waals surface area (Å²) in [5.74, 6) is 0.887. The van der Waals surface area contributed by atoms with Gasteiger partial charge in [-0.2, -0.15) is 0 Å². The lowest BCUT2D eigenvalue weighted by Gasteiger charge is -2.34. The fourth-order valence-electron chi connectivity index (χ4n) is 5.59. The van der Waals surface area contributed by atoms with Crippen molar-refractivity contribution in [3.63, 3.8) is 0 Å². The largest absolute Gasteiger partial charge is 0.278 e. The van der Waals surface area contributed by atoms with E-state index in [1.54, 1.807) is 0 Å². The van der Waals surface area contributed by atoms with Crippen LogP contribution < -0.4 is 0 Å². The molecule has 0 bridgehead atoms. The molecule has 1 aliphatic rings. The highest BCUT2D eigenvalue weighted by Gasteiger charge is 2.35. The zero-order valence-corrected chi connectivity index (χ0v) is 18.0. The molecule has 3 heteroatoms. The van der Waals surface area contributed by atoms with E-state index in [9.17, 15) is 0 Å². The van der Waals surface area contributed by atoms with Gasteiger partial charge in [0.1, 0.15) is 11.5 Å². The highest BCUT2D eigenvalue weighted by Crippen LogP contribution is 2.50. The van der Waals surface area contributed by atoms with E-state index in [4.69, 9.17) is 4.98 Å². The van der Waals surface area contributed by atoms with Crippen molar-refractivity contribution in [3.8, 4) is 17.1 Å². The molecule has 152 valence electrons. The highest BCUT2D eigenvalue weighted by molar-refractivity contribution is 6.23. The summed E-state index contributed by atoms with van der Waals surface area (Å²) in [7, 11) is 0. The molecule has 6 aromatic rings. The van der Waals surface area contributed by atoms with Crippen molar-refractivity contribution in [2.24, 2.45) is 0 Å². The predicted octanol–water partition coefficient (Wildman–Crippen LogP) is 7.03.